The average molecular weight is 316 g/mol. The number of carbonyl (C=O) groups excluding carboxylic acids is 1. The lowest BCUT2D eigenvalue weighted by Crippen LogP contribution is -2.64. The summed E-state index contributed by atoms with van der Waals surface area (Å²) in [7, 11) is -3.91. The number of hydrogen-bond donors (Lipinski definition) is 1. The van der Waals surface area contributed by atoms with Crippen LogP contribution in [0.15, 0.2) is 15.7 Å². The Hall–Kier alpha value is -1.45. The van der Waals surface area contributed by atoms with Crippen molar-refractivity contribution < 1.29 is 23.1 Å². The molecule has 2 bridgehead atoms. The van der Waals surface area contributed by atoms with Crippen molar-refractivity contribution in [1.29, 1.82) is 0 Å². The zero-order chi connectivity index (χ0) is 14.7. The van der Waals surface area contributed by atoms with E-state index >= 15 is 0 Å². The number of hydrogen-bond acceptors (Lipinski definition) is 5. The molecule has 3 rings (SSSR count). The highest BCUT2D eigenvalue weighted by Gasteiger charge is 2.54. The van der Waals surface area contributed by atoms with E-state index in [1.54, 1.807) is 18.4 Å². The SMILES string of the molecule is CCN1C(=O)C(C(=O)O)N2CC1c1ccsc1S2(=O)=O. The van der Waals surface area contributed by atoms with E-state index in [9.17, 15) is 23.1 Å². The predicted octanol–water partition coefficient (Wildman–Crippen LogP) is 0.109. The fourth-order valence-corrected chi connectivity index (χ4v) is 5.91. The van der Waals surface area contributed by atoms with Crippen LogP contribution in [0.3, 0.4) is 0 Å². The van der Waals surface area contributed by atoms with Crippen molar-refractivity contribution in [2.75, 3.05) is 13.1 Å². The van der Waals surface area contributed by atoms with E-state index in [4.69, 9.17) is 0 Å². The topological polar surface area (TPSA) is 95.0 Å². The number of carboxylic acid groups (broad SMARTS) is 1. The Kier molecular flexibility index (Phi) is 2.89. The summed E-state index contributed by atoms with van der Waals surface area (Å²) in [4.78, 5) is 25.0. The van der Waals surface area contributed by atoms with Crippen LogP contribution in [0.4, 0.5) is 0 Å². The molecular formula is C11H12N2O5S2. The highest BCUT2D eigenvalue weighted by molar-refractivity contribution is 7.91. The summed E-state index contributed by atoms with van der Waals surface area (Å²) >= 11 is 1.06. The Bertz CT molecular complexity index is 695. The van der Waals surface area contributed by atoms with E-state index in [2.05, 4.69) is 0 Å². The summed E-state index contributed by atoms with van der Waals surface area (Å²) in [6.07, 6.45) is 0. The van der Waals surface area contributed by atoms with Crippen molar-refractivity contribution in [2.45, 2.75) is 23.2 Å². The van der Waals surface area contributed by atoms with Crippen LogP contribution < -0.4 is 0 Å². The van der Waals surface area contributed by atoms with Crippen LogP contribution in [-0.4, -0.2) is 53.7 Å². The first kappa shape index (κ1) is 13.5. The average Bonchev–Trinajstić information content (AvgIpc) is 2.85. The molecule has 9 heteroatoms. The van der Waals surface area contributed by atoms with Crippen molar-refractivity contribution in [3.05, 3.63) is 17.0 Å². The molecule has 20 heavy (non-hydrogen) atoms. The molecule has 2 aliphatic heterocycles. The van der Waals surface area contributed by atoms with Gasteiger partial charge < -0.3 is 10.0 Å². The van der Waals surface area contributed by atoms with Crippen LogP contribution >= 0.6 is 11.3 Å². The normalized spacial score (nSPS) is 30.9. The van der Waals surface area contributed by atoms with Crippen LogP contribution in [0.1, 0.15) is 18.5 Å². The molecule has 3 unspecified atom stereocenters. The molecule has 7 nitrogen and oxygen atoms in total. The maximum Gasteiger partial charge on any atom is 0.331 e. The Morgan fingerprint density at radius 1 is 1.55 bits per heavy atom. The van der Waals surface area contributed by atoms with Gasteiger partial charge in [-0.2, -0.15) is 4.31 Å². The highest BCUT2D eigenvalue weighted by atomic mass is 32.2. The first-order valence-electron chi connectivity index (χ1n) is 6.02. The molecule has 0 aliphatic carbocycles. The molecular weight excluding hydrogens is 304 g/mol. The second-order valence-electron chi connectivity index (χ2n) is 4.62. The third-order valence-electron chi connectivity index (χ3n) is 3.67. The Balaban J connectivity index is 2.24. The van der Waals surface area contributed by atoms with E-state index in [0.717, 1.165) is 15.6 Å². The Morgan fingerprint density at radius 2 is 2.25 bits per heavy atom. The Labute approximate surface area is 119 Å². The molecule has 1 aromatic rings. The number of rotatable bonds is 2. The number of piperazine rings is 1. The number of nitrogens with zero attached hydrogens (tertiary/aromatic N) is 2. The number of fused-ring (bicyclic) bond motifs is 4. The molecule has 1 aromatic heterocycles. The van der Waals surface area contributed by atoms with E-state index in [-0.39, 0.29) is 10.8 Å². The van der Waals surface area contributed by atoms with Crippen molar-refractivity contribution in [2.24, 2.45) is 0 Å². The number of sulfonamides is 1. The quantitative estimate of drug-likeness (QED) is 0.781. The lowest BCUT2D eigenvalue weighted by atomic mass is 10.0. The summed E-state index contributed by atoms with van der Waals surface area (Å²) in [5.41, 5.74) is 0.588. The predicted molar refractivity (Wildman–Crippen MR) is 69.8 cm³/mol. The molecule has 0 aromatic carbocycles. The zero-order valence-electron chi connectivity index (χ0n) is 10.5. The number of aliphatic carboxylic acids is 1. The first-order chi connectivity index (χ1) is 9.39. The van der Waals surface area contributed by atoms with E-state index < -0.39 is 34.0 Å². The maximum absolute atomic E-state index is 12.4. The van der Waals surface area contributed by atoms with Crippen molar-refractivity contribution >= 4 is 33.2 Å². The number of carboxylic acids is 1. The molecule has 0 spiro atoms. The fraction of sp³-hybridized carbons (Fsp3) is 0.455. The van der Waals surface area contributed by atoms with E-state index in [0.29, 0.717) is 12.1 Å². The minimum Gasteiger partial charge on any atom is -0.480 e. The molecule has 2 aliphatic rings. The summed E-state index contributed by atoms with van der Waals surface area (Å²) in [6.45, 7) is 2.10. The van der Waals surface area contributed by atoms with Crippen LogP contribution in [0.2, 0.25) is 0 Å². The molecule has 1 N–H and O–H groups in total. The fourth-order valence-electron chi connectivity index (χ4n) is 2.78. The minimum absolute atomic E-state index is 0.00259. The van der Waals surface area contributed by atoms with Gasteiger partial charge in [0, 0.05) is 18.7 Å². The second kappa shape index (κ2) is 4.27. The third kappa shape index (κ3) is 1.57. The standard InChI is InChI=1S/C11H12N2O5S2/c1-2-12-7-5-13(8(9(12)14)10(15)16)20(17,18)11-6(7)3-4-19-11/h3-4,7-8H,2,5H2,1H3,(H,15,16). The summed E-state index contributed by atoms with van der Waals surface area (Å²) < 4.78 is 25.8. The Morgan fingerprint density at radius 3 is 2.85 bits per heavy atom. The van der Waals surface area contributed by atoms with Crippen LogP contribution in [-0.2, 0) is 19.6 Å². The molecule has 0 saturated carbocycles. The van der Waals surface area contributed by atoms with Crippen LogP contribution in [0.5, 0.6) is 0 Å². The maximum atomic E-state index is 12.4. The van der Waals surface area contributed by atoms with Crippen LogP contribution in [0.25, 0.3) is 0 Å². The van der Waals surface area contributed by atoms with E-state index in [1.165, 1.54) is 4.90 Å². The molecule has 1 saturated heterocycles. The van der Waals surface area contributed by atoms with Gasteiger partial charge in [-0.25, -0.2) is 13.2 Å². The third-order valence-corrected chi connectivity index (χ3v) is 6.99. The van der Waals surface area contributed by atoms with Gasteiger partial charge in [-0.3, -0.25) is 4.79 Å². The lowest BCUT2D eigenvalue weighted by molar-refractivity contribution is -0.156. The highest BCUT2D eigenvalue weighted by Crippen LogP contribution is 2.43. The monoisotopic (exact) mass is 316 g/mol. The zero-order valence-corrected chi connectivity index (χ0v) is 12.1. The molecule has 3 heterocycles. The summed E-state index contributed by atoms with van der Waals surface area (Å²) in [5.74, 6) is -2.10. The lowest BCUT2D eigenvalue weighted by Gasteiger charge is -2.45. The van der Waals surface area contributed by atoms with Gasteiger partial charge >= 0.3 is 5.97 Å². The van der Waals surface area contributed by atoms with Gasteiger partial charge in [-0.05, 0) is 18.4 Å². The van der Waals surface area contributed by atoms with Gasteiger partial charge in [-0.1, -0.05) is 0 Å². The van der Waals surface area contributed by atoms with Gasteiger partial charge in [-0.15, -0.1) is 11.3 Å². The minimum atomic E-state index is -3.91. The van der Waals surface area contributed by atoms with Gasteiger partial charge in [0.25, 0.3) is 15.9 Å². The van der Waals surface area contributed by atoms with Crippen molar-refractivity contribution in [3.8, 4) is 0 Å². The molecule has 1 fully saturated rings. The number of carbonyl (C=O) groups is 2. The number of thiophene rings is 1. The largest absolute Gasteiger partial charge is 0.480 e. The molecule has 0 radical (unpaired) electrons. The van der Waals surface area contributed by atoms with E-state index in [1.807, 2.05) is 0 Å². The number of likely N-dealkylation sites (N-methyl/N-ethyl adjacent to an activating group) is 1. The molecule has 1 amide bonds. The summed E-state index contributed by atoms with van der Waals surface area (Å²) in [6, 6.07) is -0.365. The van der Waals surface area contributed by atoms with Gasteiger partial charge in [0.15, 0.2) is 0 Å². The number of amides is 1. The molecule has 108 valence electrons. The van der Waals surface area contributed by atoms with Gasteiger partial charge in [0.2, 0.25) is 6.04 Å². The van der Waals surface area contributed by atoms with Gasteiger partial charge in [0.05, 0.1) is 6.04 Å². The summed E-state index contributed by atoms with van der Waals surface area (Å²) in [5, 5.41) is 10.9. The van der Waals surface area contributed by atoms with Gasteiger partial charge in [0.1, 0.15) is 4.21 Å². The van der Waals surface area contributed by atoms with Crippen molar-refractivity contribution in [1.82, 2.24) is 9.21 Å². The second-order valence-corrected chi connectivity index (χ2v) is 7.62. The van der Waals surface area contributed by atoms with Crippen molar-refractivity contribution in [3.63, 3.8) is 0 Å². The smallest absolute Gasteiger partial charge is 0.331 e. The first-order valence-corrected chi connectivity index (χ1v) is 8.34. The molecule has 3 atom stereocenters. The van der Waals surface area contributed by atoms with Crippen LogP contribution in [0, 0.1) is 0 Å².